The summed E-state index contributed by atoms with van der Waals surface area (Å²) in [6, 6.07) is 0. The molecule has 0 radical (unpaired) electrons. The summed E-state index contributed by atoms with van der Waals surface area (Å²) in [5, 5.41) is 8.27. The van der Waals surface area contributed by atoms with Crippen molar-refractivity contribution in [2.75, 3.05) is 0 Å². The largest absolute Gasteiger partial charge is 0.481 e. The van der Waals surface area contributed by atoms with Crippen LogP contribution in [0.15, 0.2) is 12.2 Å². The lowest BCUT2D eigenvalue weighted by Crippen LogP contribution is -2.21. The molecule has 0 spiro atoms. The number of carboxylic acids is 1. The lowest BCUT2D eigenvalue weighted by Gasteiger charge is -2.31. The second-order valence-electron chi connectivity index (χ2n) is 7.01. The molecule has 2 bridgehead atoms. The van der Waals surface area contributed by atoms with Crippen LogP contribution in [0.2, 0.25) is 0 Å². The number of hydrogen-bond acceptors (Lipinski definition) is 1. The van der Waals surface area contributed by atoms with Gasteiger partial charge >= 0.3 is 5.97 Å². The van der Waals surface area contributed by atoms with Gasteiger partial charge in [0.2, 0.25) is 0 Å². The van der Waals surface area contributed by atoms with Gasteiger partial charge in [-0.2, -0.15) is 0 Å². The van der Waals surface area contributed by atoms with Gasteiger partial charge in [0.1, 0.15) is 0 Å². The molecular formula is C18H32O2. The van der Waals surface area contributed by atoms with E-state index in [1.165, 1.54) is 44.1 Å². The van der Waals surface area contributed by atoms with Crippen LogP contribution in [0, 0.1) is 17.3 Å². The molecule has 1 N–H and O–H groups in total. The highest BCUT2D eigenvalue weighted by Crippen LogP contribution is 2.58. The number of rotatable bonds is 6. The van der Waals surface area contributed by atoms with E-state index in [1.54, 1.807) is 0 Å². The zero-order valence-electron chi connectivity index (χ0n) is 13.6. The Kier molecular flexibility index (Phi) is 6.78. The predicted octanol–water partition coefficient (Wildman–Crippen LogP) is 5.43. The fourth-order valence-corrected chi connectivity index (χ4v) is 3.62. The Hall–Kier alpha value is -0.790. The molecular weight excluding hydrogens is 248 g/mol. The van der Waals surface area contributed by atoms with Gasteiger partial charge in [-0.25, -0.2) is 0 Å². The van der Waals surface area contributed by atoms with Gasteiger partial charge in [-0.1, -0.05) is 58.6 Å². The maximum atomic E-state index is 10.0. The van der Waals surface area contributed by atoms with E-state index in [2.05, 4.69) is 27.4 Å². The molecule has 0 heterocycles. The zero-order valence-corrected chi connectivity index (χ0v) is 13.6. The second kappa shape index (κ2) is 7.85. The third kappa shape index (κ3) is 4.64. The lowest BCUT2D eigenvalue weighted by atomic mass is 9.73. The summed E-state index contributed by atoms with van der Waals surface area (Å²) in [5.41, 5.74) is 2.01. The van der Waals surface area contributed by atoms with E-state index in [9.17, 15) is 4.79 Å². The highest BCUT2D eigenvalue weighted by molar-refractivity contribution is 5.66. The van der Waals surface area contributed by atoms with Crippen molar-refractivity contribution in [3.63, 3.8) is 0 Å². The maximum Gasteiger partial charge on any atom is 0.303 e. The molecule has 2 saturated carbocycles. The topological polar surface area (TPSA) is 37.3 Å². The summed E-state index contributed by atoms with van der Waals surface area (Å²) in [6.07, 6.45) is 10.2. The van der Waals surface area contributed by atoms with Crippen molar-refractivity contribution in [3.8, 4) is 0 Å². The van der Waals surface area contributed by atoms with Crippen LogP contribution in [0.3, 0.4) is 0 Å². The van der Waals surface area contributed by atoms with Gasteiger partial charge in [0.15, 0.2) is 0 Å². The molecule has 2 aliphatic carbocycles. The van der Waals surface area contributed by atoms with E-state index in [0.29, 0.717) is 11.8 Å². The first-order valence-corrected chi connectivity index (χ1v) is 8.30. The zero-order chi connectivity index (χ0) is 15.2. The van der Waals surface area contributed by atoms with Crippen LogP contribution >= 0.6 is 0 Å². The van der Waals surface area contributed by atoms with Gasteiger partial charge in [-0.3, -0.25) is 4.79 Å². The highest BCUT2D eigenvalue weighted by Gasteiger charge is 2.47. The SMILES string of the molecule is C=C1C2CCC(C2)C1(C)C.CCCCCCCC(=O)O. The molecule has 116 valence electrons. The number of aliphatic carboxylic acids is 1. The Morgan fingerprint density at radius 3 is 2.30 bits per heavy atom. The van der Waals surface area contributed by atoms with Gasteiger partial charge in [-0.15, -0.1) is 0 Å². The summed E-state index contributed by atoms with van der Waals surface area (Å²) in [7, 11) is 0. The van der Waals surface area contributed by atoms with E-state index in [4.69, 9.17) is 5.11 Å². The first-order valence-electron chi connectivity index (χ1n) is 8.30. The van der Waals surface area contributed by atoms with E-state index in [1.807, 2.05) is 0 Å². The molecule has 2 fully saturated rings. The van der Waals surface area contributed by atoms with Crippen molar-refractivity contribution in [3.05, 3.63) is 12.2 Å². The summed E-state index contributed by atoms with van der Waals surface area (Å²) in [4.78, 5) is 10.0. The van der Waals surface area contributed by atoms with E-state index >= 15 is 0 Å². The fraction of sp³-hybridized carbons (Fsp3) is 0.833. The molecule has 2 nitrogen and oxygen atoms in total. The third-order valence-electron chi connectivity index (χ3n) is 5.27. The second-order valence-corrected chi connectivity index (χ2v) is 7.01. The van der Waals surface area contributed by atoms with Gasteiger partial charge in [-0.05, 0) is 42.9 Å². The van der Waals surface area contributed by atoms with Gasteiger partial charge < -0.3 is 5.11 Å². The van der Waals surface area contributed by atoms with Crippen LogP contribution in [-0.2, 0) is 4.79 Å². The van der Waals surface area contributed by atoms with E-state index in [0.717, 1.165) is 24.7 Å². The summed E-state index contributed by atoms with van der Waals surface area (Å²) in [6.45, 7) is 11.1. The molecule has 0 aromatic rings. The Morgan fingerprint density at radius 1 is 1.25 bits per heavy atom. The number of carboxylic acid groups (broad SMARTS) is 1. The minimum absolute atomic E-state index is 0.337. The number of unbranched alkanes of at least 4 members (excludes halogenated alkanes) is 4. The molecule has 0 aromatic heterocycles. The van der Waals surface area contributed by atoms with Gasteiger partial charge in [0.25, 0.3) is 0 Å². The third-order valence-corrected chi connectivity index (χ3v) is 5.27. The molecule has 2 rings (SSSR count). The standard InChI is InChI=1S/C10H16.C8H16O2/c1-7-8-4-5-9(6-8)10(7,2)3;1-2-3-4-5-6-7-8(9)10/h8-9H,1,4-6H2,2-3H3;2-7H2,1H3,(H,9,10). The first kappa shape index (κ1) is 17.3. The number of hydrogen-bond donors (Lipinski definition) is 1. The Balaban J connectivity index is 0.000000200. The molecule has 2 aliphatic rings. The van der Waals surface area contributed by atoms with Crippen molar-refractivity contribution < 1.29 is 9.90 Å². The molecule has 2 heteroatoms. The first-order chi connectivity index (χ1) is 9.39. The van der Waals surface area contributed by atoms with Crippen molar-refractivity contribution in [1.29, 1.82) is 0 Å². The Bertz CT molecular complexity index is 330. The fourth-order valence-electron chi connectivity index (χ4n) is 3.62. The molecule has 0 aliphatic heterocycles. The van der Waals surface area contributed by atoms with Crippen molar-refractivity contribution in [1.82, 2.24) is 0 Å². The van der Waals surface area contributed by atoms with Gasteiger partial charge in [0.05, 0.1) is 0 Å². The van der Waals surface area contributed by atoms with Crippen LogP contribution in [0.4, 0.5) is 0 Å². The Morgan fingerprint density at radius 2 is 1.90 bits per heavy atom. The smallest absolute Gasteiger partial charge is 0.303 e. The van der Waals surface area contributed by atoms with Gasteiger partial charge in [0, 0.05) is 6.42 Å². The van der Waals surface area contributed by atoms with Crippen molar-refractivity contribution in [2.45, 2.75) is 78.6 Å². The van der Waals surface area contributed by atoms with E-state index < -0.39 is 5.97 Å². The van der Waals surface area contributed by atoms with Crippen molar-refractivity contribution >= 4 is 5.97 Å². The molecule has 2 unspecified atom stereocenters. The number of allylic oxidation sites excluding steroid dienone is 1. The average molecular weight is 280 g/mol. The highest BCUT2D eigenvalue weighted by atomic mass is 16.4. The van der Waals surface area contributed by atoms with E-state index in [-0.39, 0.29) is 0 Å². The number of carbonyl (C=O) groups is 1. The quantitative estimate of drug-likeness (QED) is 0.520. The lowest BCUT2D eigenvalue weighted by molar-refractivity contribution is -0.137. The molecule has 0 aromatic carbocycles. The van der Waals surface area contributed by atoms with Crippen LogP contribution in [-0.4, -0.2) is 11.1 Å². The Labute approximate surface area is 124 Å². The predicted molar refractivity (Wildman–Crippen MR) is 84.8 cm³/mol. The summed E-state index contributed by atoms with van der Waals surface area (Å²) >= 11 is 0. The van der Waals surface area contributed by atoms with Crippen LogP contribution < -0.4 is 0 Å². The number of fused-ring (bicyclic) bond motifs is 2. The monoisotopic (exact) mass is 280 g/mol. The minimum Gasteiger partial charge on any atom is -0.481 e. The van der Waals surface area contributed by atoms with Crippen LogP contribution in [0.5, 0.6) is 0 Å². The minimum atomic E-state index is -0.670. The average Bonchev–Trinajstić information content (AvgIpc) is 2.94. The van der Waals surface area contributed by atoms with Crippen LogP contribution in [0.25, 0.3) is 0 Å². The normalized spacial score (nSPS) is 26.2. The maximum absolute atomic E-state index is 10.0. The summed E-state index contributed by atoms with van der Waals surface area (Å²) < 4.78 is 0. The van der Waals surface area contributed by atoms with Crippen molar-refractivity contribution in [2.24, 2.45) is 17.3 Å². The molecule has 0 amide bonds. The molecule has 0 saturated heterocycles. The molecule has 20 heavy (non-hydrogen) atoms. The molecule has 2 atom stereocenters. The summed E-state index contributed by atoms with van der Waals surface area (Å²) in [5.74, 6) is 1.18. The van der Waals surface area contributed by atoms with Crippen LogP contribution in [0.1, 0.15) is 78.6 Å².